The topological polar surface area (TPSA) is 126 Å². The van der Waals surface area contributed by atoms with Crippen molar-refractivity contribution in [2.24, 2.45) is 0 Å². The third-order valence-corrected chi connectivity index (χ3v) is 6.35. The number of imidazole rings is 1. The third kappa shape index (κ3) is 4.12. The summed E-state index contributed by atoms with van der Waals surface area (Å²) in [7, 11) is 0. The van der Waals surface area contributed by atoms with Gasteiger partial charge in [-0.1, -0.05) is 0 Å². The lowest BCUT2D eigenvalue weighted by Gasteiger charge is -2.39. The first-order valence-corrected chi connectivity index (χ1v) is 11.0. The molecule has 1 N–H and O–H groups in total. The van der Waals surface area contributed by atoms with Crippen molar-refractivity contribution in [2.45, 2.75) is 25.2 Å². The van der Waals surface area contributed by atoms with Crippen molar-refractivity contribution in [1.29, 1.82) is 0 Å². The average molecular weight is 476 g/mol. The van der Waals surface area contributed by atoms with Gasteiger partial charge >= 0.3 is 17.9 Å². The summed E-state index contributed by atoms with van der Waals surface area (Å²) in [5.74, 6) is -0.655. The molecule has 1 aromatic carbocycles. The Kier molecular flexibility index (Phi) is 5.52. The zero-order valence-corrected chi connectivity index (χ0v) is 18.6. The lowest BCUT2D eigenvalue weighted by Crippen LogP contribution is -2.53. The van der Waals surface area contributed by atoms with Crippen LogP contribution in [0.2, 0.25) is 0 Å². The maximum atomic E-state index is 14.9. The number of halogens is 1. The number of anilines is 2. The van der Waals surface area contributed by atoms with Crippen molar-refractivity contribution in [3.63, 3.8) is 0 Å². The number of fused-ring (bicyclic) bond motifs is 1. The van der Waals surface area contributed by atoms with E-state index in [1.54, 1.807) is 16.7 Å². The van der Waals surface area contributed by atoms with Gasteiger partial charge in [0.25, 0.3) is 0 Å². The molecule has 0 spiro atoms. The molecule has 2 fully saturated rings. The molecule has 2 saturated heterocycles. The summed E-state index contributed by atoms with van der Waals surface area (Å²) in [5, 5.41) is 20.1. The maximum Gasteiger partial charge on any atom is 0.415 e. The Hall–Kier alpha value is -3.45. The van der Waals surface area contributed by atoms with Gasteiger partial charge in [-0.05, 0) is 30.0 Å². The molecule has 1 aromatic heterocycles. The number of cyclic esters (lactones) is 1. The lowest BCUT2D eigenvalue weighted by atomic mass is 10.1. The number of amides is 1. The van der Waals surface area contributed by atoms with Crippen LogP contribution in [-0.2, 0) is 11.3 Å². The Balaban J connectivity index is 1.17. The maximum absolute atomic E-state index is 14.9. The van der Waals surface area contributed by atoms with E-state index >= 15 is 0 Å². The predicted molar refractivity (Wildman–Crippen MR) is 118 cm³/mol. The van der Waals surface area contributed by atoms with Crippen LogP contribution in [0, 0.1) is 15.9 Å². The Bertz CT molecular complexity index is 1090. The van der Waals surface area contributed by atoms with E-state index in [0.29, 0.717) is 50.6 Å². The highest BCUT2D eigenvalue weighted by Crippen LogP contribution is 2.32. The van der Waals surface area contributed by atoms with E-state index < -0.39 is 28.5 Å². The standard InChI is InChI=1S/C21H25FN6O6/c1-21(13-26-10-18(28(31)32)23-19(26)34-21)12-24-4-6-25(7-5-24)17-3-2-14(8-16(17)22)27-9-15(11-29)33-20(27)30/h2-3,8,10,15,29H,4-7,9,11-13H2,1H3/t15-,21?/m1/s1. The first-order chi connectivity index (χ1) is 16.2. The fraction of sp³-hybridized carbons (Fsp3) is 0.524. The number of hydrogen-bond acceptors (Lipinski definition) is 9. The van der Waals surface area contributed by atoms with Crippen molar-refractivity contribution in [2.75, 3.05) is 55.7 Å². The number of carbonyl (C=O) groups is 1. The predicted octanol–water partition coefficient (Wildman–Crippen LogP) is 1.22. The molecule has 1 amide bonds. The SMILES string of the molecule is CC1(CN2CCN(c3ccc(N4C[C@H](CO)OC4=O)cc3F)CC2)Cn2cc([N+](=O)[O-])nc2O1. The minimum Gasteiger partial charge on any atom is -0.441 e. The first kappa shape index (κ1) is 22.3. The van der Waals surface area contributed by atoms with Gasteiger partial charge in [0.1, 0.15) is 23.7 Å². The summed E-state index contributed by atoms with van der Waals surface area (Å²) in [4.78, 5) is 31.7. The Labute approximate surface area is 194 Å². The van der Waals surface area contributed by atoms with Gasteiger partial charge in [0.15, 0.2) is 0 Å². The van der Waals surface area contributed by atoms with Crippen molar-refractivity contribution in [1.82, 2.24) is 14.5 Å². The number of rotatable bonds is 6. The summed E-state index contributed by atoms with van der Waals surface area (Å²) >= 11 is 0. The van der Waals surface area contributed by atoms with Gasteiger partial charge in [0.2, 0.25) is 0 Å². The normalized spacial score (nSPS) is 24.8. The summed E-state index contributed by atoms with van der Waals surface area (Å²) in [6.07, 6.45) is 0.180. The van der Waals surface area contributed by atoms with E-state index in [-0.39, 0.29) is 25.0 Å². The highest BCUT2D eigenvalue weighted by atomic mass is 19.1. The molecule has 12 nitrogen and oxygen atoms in total. The molecule has 182 valence electrons. The van der Waals surface area contributed by atoms with Crippen LogP contribution in [0.3, 0.4) is 0 Å². The zero-order valence-electron chi connectivity index (χ0n) is 18.6. The molecule has 0 aliphatic carbocycles. The molecular formula is C21H25FN6O6. The number of hydrogen-bond donors (Lipinski definition) is 1. The molecule has 2 atom stereocenters. The number of carbonyl (C=O) groups excluding carboxylic acids is 1. The second-order valence-corrected chi connectivity index (χ2v) is 9.02. The second-order valence-electron chi connectivity index (χ2n) is 9.02. The van der Waals surface area contributed by atoms with E-state index in [1.807, 2.05) is 11.8 Å². The van der Waals surface area contributed by atoms with E-state index in [1.165, 1.54) is 17.2 Å². The monoisotopic (exact) mass is 476 g/mol. The van der Waals surface area contributed by atoms with Gasteiger partial charge in [-0.25, -0.2) is 9.18 Å². The molecule has 0 radical (unpaired) electrons. The van der Waals surface area contributed by atoms with E-state index in [9.17, 15) is 24.4 Å². The van der Waals surface area contributed by atoms with Crippen LogP contribution in [0.5, 0.6) is 6.01 Å². The summed E-state index contributed by atoms with van der Waals surface area (Å²) in [6, 6.07) is 4.91. The minimum atomic E-state index is -0.608. The number of piperazine rings is 1. The Morgan fingerprint density at radius 3 is 2.71 bits per heavy atom. The van der Waals surface area contributed by atoms with E-state index in [2.05, 4.69) is 9.88 Å². The van der Waals surface area contributed by atoms with Crippen molar-refractivity contribution >= 4 is 23.3 Å². The number of nitro groups is 1. The van der Waals surface area contributed by atoms with E-state index in [4.69, 9.17) is 9.47 Å². The molecule has 1 unspecified atom stereocenters. The number of aromatic nitrogens is 2. The van der Waals surface area contributed by atoms with Crippen LogP contribution in [0.4, 0.5) is 26.4 Å². The van der Waals surface area contributed by atoms with Crippen molar-refractivity contribution < 1.29 is 28.7 Å². The number of nitrogens with zero attached hydrogens (tertiary/aromatic N) is 6. The van der Waals surface area contributed by atoms with Crippen LogP contribution >= 0.6 is 0 Å². The largest absolute Gasteiger partial charge is 0.441 e. The molecule has 4 heterocycles. The fourth-order valence-corrected chi connectivity index (χ4v) is 4.73. The van der Waals surface area contributed by atoms with Crippen LogP contribution in [-0.4, -0.2) is 88.2 Å². The number of ether oxygens (including phenoxy) is 2. The van der Waals surface area contributed by atoms with E-state index in [0.717, 1.165) is 0 Å². The highest BCUT2D eigenvalue weighted by Gasteiger charge is 2.42. The molecule has 0 saturated carbocycles. The molecular weight excluding hydrogens is 451 g/mol. The van der Waals surface area contributed by atoms with Gasteiger partial charge < -0.3 is 29.6 Å². The van der Waals surface area contributed by atoms with Crippen molar-refractivity contribution in [3.05, 3.63) is 40.3 Å². The second kappa shape index (κ2) is 8.40. The zero-order chi connectivity index (χ0) is 24.0. The van der Waals surface area contributed by atoms with Crippen LogP contribution in [0.25, 0.3) is 0 Å². The summed E-state index contributed by atoms with van der Waals surface area (Å²) in [6.45, 7) is 5.54. The van der Waals surface area contributed by atoms with Crippen molar-refractivity contribution in [3.8, 4) is 6.01 Å². The lowest BCUT2D eigenvalue weighted by molar-refractivity contribution is -0.389. The molecule has 3 aliphatic heterocycles. The molecule has 5 rings (SSSR count). The molecule has 13 heteroatoms. The van der Waals surface area contributed by atoms with Crippen LogP contribution in [0.1, 0.15) is 6.92 Å². The Morgan fingerprint density at radius 2 is 2.09 bits per heavy atom. The number of benzene rings is 1. The first-order valence-electron chi connectivity index (χ1n) is 11.0. The molecule has 0 bridgehead atoms. The van der Waals surface area contributed by atoms with Gasteiger partial charge in [-0.2, -0.15) is 0 Å². The van der Waals surface area contributed by atoms with Gasteiger partial charge in [0.05, 0.1) is 31.1 Å². The fourth-order valence-electron chi connectivity index (χ4n) is 4.73. The minimum absolute atomic E-state index is 0.181. The quantitative estimate of drug-likeness (QED) is 0.484. The smallest absolute Gasteiger partial charge is 0.415 e. The third-order valence-electron chi connectivity index (χ3n) is 6.35. The summed E-state index contributed by atoms with van der Waals surface area (Å²) in [5.41, 5.74) is 0.305. The number of aliphatic hydroxyl groups is 1. The summed E-state index contributed by atoms with van der Waals surface area (Å²) < 4.78 is 27.5. The average Bonchev–Trinajstić information content (AvgIpc) is 3.45. The molecule has 34 heavy (non-hydrogen) atoms. The van der Waals surface area contributed by atoms with Gasteiger partial charge in [-0.15, -0.1) is 0 Å². The highest BCUT2D eigenvalue weighted by molar-refractivity contribution is 5.90. The van der Waals surface area contributed by atoms with Gasteiger partial charge in [0, 0.05) is 37.7 Å². The molecule has 2 aromatic rings. The van der Waals surface area contributed by atoms with Crippen LogP contribution in [0.15, 0.2) is 24.4 Å². The molecule has 3 aliphatic rings. The van der Waals surface area contributed by atoms with Gasteiger partial charge in [-0.3, -0.25) is 14.4 Å². The van der Waals surface area contributed by atoms with Crippen LogP contribution < -0.4 is 14.5 Å². The Morgan fingerprint density at radius 1 is 1.32 bits per heavy atom. The number of aliphatic hydroxyl groups excluding tert-OH is 1.